The van der Waals surface area contributed by atoms with Crippen LogP contribution in [0.25, 0.3) is 0 Å². The van der Waals surface area contributed by atoms with Gasteiger partial charge in [0.15, 0.2) is 11.5 Å². The van der Waals surface area contributed by atoms with Crippen LogP contribution in [-0.4, -0.2) is 44.3 Å². The molecule has 11 nitrogen and oxygen atoms in total. The molecule has 35 heavy (non-hydrogen) atoms. The lowest BCUT2D eigenvalue weighted by atomic mass is 10.1. The van der Waals surface area contributed by atoms with Crippen molar-refractivity contribution in [3.63, 3.8) is 0 Å². The number of hydrogen-bond donors (Lipinski definition) is 2. The van der Waals surface area contributed by atoms with Crippen molar-refractivity contribution in [2.45, 2.75) is 0 Å². The Bertz CT molecular complexity index is 1250. The molecule has 11 heteroatoms. The molecule has 3 aromatic carbocycles. The largest absolute Gasteiger partial charge is 0.493 e. The molecule has 0 bridgehead atoms. The molecule has 0 radical (unpaired) electrons. The lowest BCUT2D eigenvalue weighted by Gasteiger charge is -2.14. The summed E-state index contributed by atoms with van der Waals surface area (Å²) in [6.45, 7) is 0. The van der Waals surface area contributed by atoms with E-state index in [2.05, 4.69) is 15.8 Å². The summed E-state index contributed by atoms with van der Waals surface area (Å²) in [5.41, 5.74) is 3.45. The van der Waals surface area contributed by atoms with E-state index in [4.69, 9.17) is 14.2 Å². The molecule has 3 aromatic rings. The van der Waals surface area contributed by atoms with Gasteiger partial charge in [0.05, 0.1) is 38.0 Å². The van der Waals surface area contributed by atoms with Gasteiger partial charge in [-0.1, -0.05) is 12.1 Å². The van der Waals surface area contributed by atoms with Crippen molar-refractivity contribution in [3.05, 3.63) is 87.5 Å². The number of para-hydroxylation sites is 1. The van der Waals surface area contributed by atoms with E-state index in [1.165, 1.54) is 70.0 Å². The maximum Gasteiger partial charge on any atom is 0.278 e. The number of methoxy groups -OCH3 is 3. The molecule has 0 aliphatic rings. The van der Waals surface area contributed by atoms with E-state index in [9.17, 15) is 19.7 Å². The van der Waals surface area contributed by atoms with Crippen LogP contribution in [0.15, 0.2) is 65.8 Å². The summed E-state index contributed by atoms with van der Waals surface area (Å²) in [7, 11) is 4.37. The van der Waals surface area contributed by atoms with Crippen molar-refractivity contribution >= 4 is 29.4 Å². The van der Waals surface area contributed by atoms with Crippen LogP contribution in [0, 0.1) is 10.1 Å². The Balaban J connectivity index is 1.67. The SMILES string of the molecule is COc1cc(C(=O)Nc2ccc(C(=O)N/N=C\c3ccccc3[N+](=O)[O-])cc2)cc(OC)c1OC. The van der Waals surface area contributed by atoms with E-state index in [-0.39, 0.29) is 22.4 Å². The van der Waals surface area contributed by atoms with Gasteiger partial charge >= 0.3 is 0 Å². The van der Waals surface area contributed by atoms with E-state index >= 15 is 0 Å². The molecule has 0 heterocycles. The molecule has 0 atom stereocenters. The van der Waals surface area contributed by atoms with Gasteiger partial charge in [0.2, 0.25) is 5.75 Å². The second-order valence-electron chi connectivity index (χ2n) is 6.96. The van der Waals surface area contributed by atoms with Crippen molar-refractivity contribution in [2.24, 2.45) is 5.10 Å². The zero-order chi connectivity index (χ0) is 25.4. The second-order valence-corrected chi connectivity index (χ2v) is 6.96. The summed E-state index contributed by atoms with van der Waals surface area (Å²) in [5.74, 6) is 0.0973. The number of hydrogen-bond acceptors (Lipinski definition) is 8. The highest BCUT2D eigenvalue weighted by molar-refractivity contribution is 6.05. The third-order valence-corrected chi connectivity index (χ3v) is 4.84. The summed E-state index contributed by atoms with van der Waals surface area (Å²) in [6, 6.07) is 15.2. The molecule has 180 valence electrons. The first-order chi connectivity index (χ1) is 16.9. The predicted molar refractivity (Wildman–Crippen MR) is 129 cm³/mol. The lowest BCUT2D eigenvalue weighted by molar-refractivity contribution is -0.385. The Hall–Kier alpha value is -4.93. The first-order valence-electron chi connectivity index (χ1n) is 10.2. The maximum absolute atomic E-state index is 12.7. The topological polar surface area (TPSA) is 141 Å². The normalized spacial score (nSPS) is 10.5. The van der Waals surface area contributed by atoms with Crippen LogP contribution >= 0.6 is 0 Å². The molecule has 0 saturated carbocycles. The van der Waals surface area contributed by atoms with E-state index in [0.29, 0.717) is 22.9 Å². The number of carbonyl (C=O) groups is 2. The van der Waals surface area contributed by atoms with Gasteiger partial charge in [-0.25, -0.2) is 5.43 Å². The van der Waals surface area contributed by atoms with E-state index < -0.39 is 16.7 Å². The number of amides is 2. The molecule has 0 saturated heterocycles. The Morgan fingerprint density at radius 1 is 0.886 bits per heavy atom. The number of anilines is 1. The average molecular weight is 478 g/mol. The molecule has 0 aliphatic heterocycles. The van der Waals surface area contributed by atoms with Crippen molar-refractivity contribution < 1.29 is 28.7 Å². The first-order valence-corrected chi connectivity index (χ1v) is 10.2. The fourth-order valence-electron chi connectivity index (χ4n) is 3.11. The lowest BCUT2D eigenvalue weighted by Crippen LogP contribution is -2.18. The molecule has 2 amide bonds. The Labute approximate surface area is 200 Å². The summed E-state index contributed by atoms with van der Waals surface area (Å²) < 4.78 is 15.8. The molecule has 0 unspecified atom stereocenters. The van der Waals surface area contributed by atoms with Gasteiger partial charge in [-0.05, 0) is 42.5 Å². The fraction of sp³-hybridized carbons (Fsp3) is 0.125. The number of nitrogens with one attached hydrogen (secondary N) is 2. The van der Waals surface area contributed by atoms with Crippen LogP contribution in [0.2, 0.25) is 0 Å². The number of rotatable bonds is 9. The first kappa shape index (κ1) is 24.7. The third kappa shape index (κ3) is 5.90. The van der Waals surface area contributed by atoms with Crippen LogP contribution in [-0.2, 0) is 0 Å². The monoisotopic (exact) mass is 478 g/mol. The van der Waals surface area contributed by atoms with Crippen molar-refractivity contribution in [1.82, 2.24) is 5.43 Å². The smallest absolute Gasteiger partial charge is 0.278 e. The number of nitrogens with zero attached hydrogens (tertiary/aromatic N) is 2. The van der Waals surface area contributed by atoms with E-state index in [1.807, 2.05) is 0 Å². The quantitative estimate of drug-likeness (QED) is 0.272. The highest BCUT2D eigenvalue weighted by Crippen LogP contribution is 2.38. The van der Waals surface area contributed by atoms with Crippen LogP contribution in [0.5, 0.6) is 17.2 Å². The van der Waals surface area contributed by atoms with Gasteiger partial charge in [-0.3, -0.25) is 19.7 Å². The van der Waals surface area contributed by atoms with E-state index in [0.717, 1.165) is 0 Å². The molecule has 0 fully saturated rings. The highest BCUT2D eigenvalue weighted by Gasteiger charge is 2.17. The minimum Gasteiger partial charge on any atom is -0.493 e. The Morgan fingerprint density at radius 3 is 2.09 bits per heavy atom. The van der Waals surface area contributed by atoms with Gasteiger partial charge in [0, 0.05) is 22.9 Å². The minimum absolute atomic E-state index is 0.127. The van der Waals surface area contributed by atoms with Gasteiger partial charge < -0.3 is 19.5 Å². The standard InChI is InChI=1S/C24H22N4O7/c1-33-20-12-17(13-21(34-2)22(20)35-3)23(29)26-18-10-8-15(9-11-18)24(30)27-25-14-16-6-4-5-7-19(16)28(31)32/h4-14H,1-3H3,(H,26,29)(H,27,30)/b25-14-. The van der Waals surface area contributed by atoms with Crippen molar-refractivity contribution in [3.8, 4) is 17.2 Å². The Morgan fingerprint density at radius 2 is 1.51 bits per heavy atom. The number of ether oxygens (including phenoxy) is 3. The number of hydrazone groups is 1. The van der Waals surface area contributed by atoms with Crippen LogP contribution < -0.4 is 25.0 Å². The molecule has 0 aromatic heterocycles. The predicted octanol–water partition coefficient (Wildman–Crippen LogP) is 3.64. The zero-order valence-electron chi connectivity index (χ0n) is 19.1. The number of nitro benzene ring substituents is 1. The number of carbonyl (C=O) groups excluding carboxylic acids is 2. The molecular weight excluding hydrogens is 456 g/mol. The maximum atomic E-state index is 12.7. The average Bonchev–Trinajstić information content (AvgIpc) is 2.88. The van der Waals surface area contributed by atoms with Gasteiger partial charge in [-0.2, -0.15) is 5.10 Å². The zero-order valence-corrected chi connectivity index (χ0v) is 19.1. The van der Waals surface area contributed by atoms with Crippen LogP contribution in [0.4, 0.5) is 11.4 Å². The molecule has 0 spiro atoms. The van der Waals surface area contributed by atoms with Crippen LogP contribution in [0.3, 0.4) is 0 Å². The third-order valence-electron chi connectivity index (χ3n) is 4.84. The molecule has 3 rings (SSSR count). The Kier molecular flexibility index (Phi) is 7.96. The van der Waals surface area contributed by atoms with Crippen molar-refractivity contribution in [1.29, 1.82) is 0 Å². The van der Waals surface area contributed by atoms with Gasteiger partial charge in [0.25, 0.3) is 17.5 Å². The van der Waals surface area contributed by atoms with Crippen molar-refractivity contribution in [2.75, 3.05) is 26.6 Å². The van der Waals surface area contributed by atoms with E-state index in [1.54, 1.807) is 18.2 Å². The summed E-state index contributed by atoms with van der Waals surface area (Å²) in [6.07, 6.45) is 1.20. The number of nitro groups is 1. The van der Waals surface area contributed by atoms with Crippen LogP contribution in [0.1, 0.15) is 26.3 Å². The minimum atomic E-state index is -0.533. The van der Waals surface area contributed by atoms with Gasteiger partial charge in [0.1, 0.15) is 0 Å². The van der Waals surface area contributed by atoms with Gasteiger partial charge in [-0.15, -0.1) is 0 Å². The molecule has 0 aliphatic carbocycles. The second kappa shape index (κ2) is 11.3. The summed E-state index contributed by atoms with van der Waals surface area (Å²) >= 11 is 0. The fourth-order valence-corrected chi connectivity index (χ4v) is 3.11. The summed E-state index contributed by atoms with van der Waals surface area (Å²) in [4.78, 5) is 35.5. The summed E-state index contributed by atoms with van der Waals surface area (Å²) in [5, 5.41) is 17.6. The molecule has 2 N–H and O–H groups in total. The molecular formula is C24H22N4O7. The number of benzene rings is 3. The highest BCUT2D eigenvalue weighted by atomic mass is 16.6.